The van der Waals surface area contributed by atoms with E-state index in [0.717, 1.165) is 0 Å². The first-order valence-corrected chi connectivity index (χ1v) is 0.724. The van der Waals surface area contributed by atoms with Gasteiger partial charge in [-0.15, -0.1) is 0 Å². The third-order valence-electron chi connectivity index (χ3n) is 0. The van der Waals surface area contributed by atoms with E-state index in [-0.39, 0.29) is 68.9 Å². The molecule has 0 spiro atoms. The molecule has 0 aromatic heterocycles. The molecular formula is C2H3CsN. The second-order valence-corrected chi connectivity index (χ2v) is 0.224. The Kier molecular flexibility index (Phi) is 20.1. The Hall–Kier alpha value is 1.54. The number of rotatable bonds is 0. The van der Waals surface area contributed by atoms with Gasteiger partial charge in [0.05, 0.1) is 6.07 Å². The summed E-state index contributed by atoms with van der Waals surface area (Å²) in [5.74, 6) is 0. The van der Waals surface area contributed by atoms with Gasteiger partial charge in [-0.05, 0) is 0 Å². The molecule has 1 radical (unpaired) electrons. The van der Waals surface area contributed by atoms with Crippen molar-refractivity contribution in [2.24, 2.45) is 0 Å². The molecule has 0 heterocycles. The Morgan fingerprint density at radius 3 is 1.75 bits per heavy atom. The maximum Gasteiger partial charge on any atom is 0.0587 e. The van der Waals surface area contributed by atoms with Crippen LogP contribution in [0.3, 0.4) is 0 Å². The Balaban J connectivity index is 0. The van der Waals surface area contributed by atoms with Gasteiger partial charge < -0.3 is 0 Å². The van der Waals surface area contributed by atoms with Gasteiger partial charge in [-0.1, -0.05) is 0 Å². The number of hydrogen-bond donors (Lipinski definition) is 0. The standard InChI is InChI=1S/C2H3N.Cs/c1-2-3;/h1H3;. The summed E-state index contributed by atoms with van der Waals surface area (Å²) in [5.41, 5.74) is 0. The molecule has 0 aromatic rings. The summed E-state index contributed by atoms with van der Waals surface area (Å²) >= 11 is 0. The van der Waals surface area contributed by atoms with Gasteiger partial charge in [0.15, 0.2) is 0 Å². The van der Waals surface area contributed by atoms with Crippen LogP contribution in [0.1, 0.15) is 6.92 Å². The van der Waals surface area contributed by atoms with Crippen molar-refractivity contribution in [3.05, 3.63) is 0 Å². The first kappa shape index (κ1) is 9.11. The van der Waals surface area contributed by atoms with E-state index >= 15 is 0 Å². The molecule has 0 fully saturated rings. The van der Waals surface area contributed by atoms with Crippen molar-refractivity contribution >= 4 is 68.9 Å². The zero-order chi connectivity index (χ0) is 2.71. The van der Waals surface area contributed by atoms with Crippen LogP contribution in [0.15, 0.2) is 0 Å². The second kappa shape index (κ2) is 8.82. The molecule has 0 aliphatic heterocycles. The third kappa shape index (κ3) is 9.63. The average Bonchev–Trinajstić information content (AvgIpc) is 0.918. The molecule has 0 saturated heterocycles. The molecule has 2 heteroatoms. The van der Waals surface area contributed by atoms with E-state index in [0.29, 0.717) is 0 Å². The van der Waals surface area contributed by atoms with Gasteiger partial charge in [-0.2, -0.15) is 5.26 Å². The van der Waals surface area contributed by atoms with Crippen LogP contribution in [-0.2, 0) is 0 Å². The van der Waals surface area contributed by atoms with E-state index in [2.05, 4.69) is 0 Å². The summed E-state index contributed by atoms with van der Waals surface area (Å²) < 4.78 is 0. The molecule has 0 aromatic carbocycles. The van der Waals surface area contributed by atoms with E-state index in [1.165, 1.54) is 6.92 Å². The quantitative estimate of drug-likeness (QED) is 0.512. The Labute approximate surface area is 84.8 Å². The van der Waals surface area contributed by atoms with Crippen LogP contribution in [0, 0.1) is 11.3 Å². The summed E-state index contributed by atoms with van der Waals surface area (Å²) in [6.07, 6.45) is 0. The Morgan fingerprint density at radius 1 is 1.75 bits per heavy atom. The summed E-state index contributed by atoms with van der Waals surface area (Å²) in [7, 11) is 0. The molecule has 0 saturated carbocycles. The van der Waals surface area contributed by atoms with Crippen LogP contribution in [0.4, 0.5) is 0 Å². The minimum Gasteiger partial charge on any atom is -0.199 e. The zero-order valence-electron chi connectivity index (χ0n) is 2.95. The monoisotopic (exact) mass is 174 g/mol. The van der Waals surface area contributed by atoms with E-state index in [1.807, 2.05) is 0 Å². The van der Waals surface area contributed by atoms with E-state index < -0.39 is 0 Å². The van der Waals surface area contributed by atoms with Gasteiger partial charge in [0.25, 0.3) is 0 Å². The first-order valence-electron chi connectivity index (χ1n) is 0.724. The van der Waals surface area contributed by atoms with Gasteiger partial charge in [0.2, 0.25) is 0 Å². The normalized spacial score (nSPS) is 2.00. The molecule has 0 N–H and O–H groups in total. The van der Waals surface area contributed by atoms with Crippen molar-refractivity contribution in [1.29, 1.82) is 5.26 Å². The zero-order valence-corrected chi connectivity index (χ0v) is 9.23. The maximum absolute atomic E-state index is 7.32. The predicted molar refractivity (Wildman–Crippen MR) is 17.0 cm³/mol. The molecular weight excluding hydrogens is 171 g/mol. The molecule has 0 rings (SSSR count). The molecule has 0 bridgehead atoms. The van der Waals surface area contributed by atoms with E-state index in [9.17, 15) is 0 Å². The summed E-state index contributed by atoms with van der Waals surface area (Å²) in [4.78, 5) is 0. The number of hydrogen-bond acceptors (Lipinski definition) is 1. The fraction of sp³-hybridized carbons (Fsp3) is 0.500. The average molecular weight is 174 g/mol. The van der Waals surface area contributed by atoms with Crippen molar-refractivity contribution in [2.75, 3.05) is 0 Å². The van der Waals surface area contributed by atoms with E-state index in [4.69, 9.17) is 5.26 Å². The van der Waals surface area contributed by atoms with Gasteiger partial charge in [0, 0.05) is 75.8 Å². The third-order valence-corrected chi connectivity index (χ3v) is 0. The van der Waals surface area contributed by atoms with Crippen LogP contribution in [0.5, 0.6) is 0 Å². The molecule has 0 amide bonds. The first-order chi connectivity index (χ1) is 1.41. The van der Waals surface area contributed by atoms with Crippen molar-refractivity contribution in [2.45, 2.75) is 6.92 Å². The predicted octanol–water partition coefficient (Wildman–Crippen LogP) is 0.149. The minimum absolute atomic E-state index is 0. The molecule has 17 valence electrons. The van der Waals surface area contributed by atoms with E-state index in [1.54, 1.807) is 6.07 Å². The smallest absolute Gasteiger partial charge is 0.0587 e. The molecule has 4 heavy (non-hydrogen) atoms. The summed E-state index contributed by atoms with van der Waals surface area (Å²) in [6.45, 7) is 1.43. The van der Waals surface area contributed by atoms with Crippen molar-refractivity contribution in [3.63, 3.8) is 0 Å². The molecule has 0 aliphatic rings. The summed E-state index contributed by atoms with van der Waals surface area (Å²) in [6, 6.07) is 1.75. The molecule has 0 aliphatic carbocycles. The maximum atomic E-state index is 7.32. The Bertz CT molecular complexity index is 27.5. The fourth-order valence-corrected chi connectivity index (χ4v) is 0. The van der Waals surface area contributed by atoms with Gasteiger partial charge in [-0.3, -0.25) is 0 Å². The van der Waals surface area contributed by atoms with Gasteiger partial charge in [0.1, 0.15) is 0 Å². The largest absolute Gasteiger partial charge is 0.199 e. The molecule has 1 nitrogen and oxygen atoms in total. The van der Waals surface area contributed by atoms with Crippen LogP contribution < -0.4 is 0 Å². The summed E-state index contributed by atoms with van der Waals surface area (Å²) in [5, 5.41) is 7.32. The molecule has 0 atom stereocenters. The molecule has 0 unspecified atom stereocenters. The SMILES string of the molecule is CC#N.[Cs]. The van der Waals surface area contributed by atoms with Crippen molar-refractivity contribution in [3.8, 4) is 6.07 Å². The number of nitriles is 1. The topological polar surface area (TPSA) is 23.8 Å². The van der Waals surface area contributed by atoms with Gasteiger partial charge in [-0.25, -0.2) is 0 Å². The van der Waals surface area contributed by atoms with Crippen LogP contribution in [-0.4, -0.2) is 68.9 Å². The van der Waals surface area contributed by atoms with Crippen LogP contribution in [0.25, 0.3) is 0 Å². The second-order valence-electron chi connectivity index (χ2n) is 0.224. The van der Waals surface area contributed by atoms with Crippen molar-refractivity contribution in [1.82, 2.24) is 0 Å². The number of nitrogens with zero attached hydrogens (tertiary/aromatic N) is 1. The van der Waals surface area contributed by atoms with Gasteiger partial charge >= 0.3 is 0 Å². The van der Waals surface area contributed by atoms with Crippen molar-refractivity contribution < 1.29 is 0 Å². The Morgan fingerprint density at radius 2 is 1.75 bits per heavy atom. The fourth-order valence-electron chi connectivity index (χ4n) is 0. The minimum atomic E-state index is 0. The van der Waals surface area contributed by atoms with Crippen LogP contribution >= 0.6 is 0 Å². The van der Waals surface area contributed by atoms with Crippen LogP contribution in [0.2, 0.25) is 0 Å².